The minimum absolute atomic E-state index is 0.233. The first kappa shape index (κ1) is 19.4. The average molecular weight is 388 g/mol. The number of carbonyl (C=O) groups is 1. The predicted octanol–water partition coefficient (Wildman–Crippen LogP) is 2.80. The third kappa shape index (κ3) is 4.67. The third-order valence-corrected chi connectivity index (χ3v) is 6.59. The summed E-state index contributed by atoms with van der Waals surface area (Å²) in [5.74, 6) is 0.517. The lowest BCUT2D eigenvalue weighted by molar-refractivity contribution is 0.0951. The molecule has 1 amide bonds. The molecule has 0 atom stereocenters. The van der Waals surface area contributed by atoms with Crippen LogP contribution < -0.4 is 10.1 Å². The van der Waals surface area contributed by atoms with Crippen LogP contribution in [0.15, 0.2) is 53.4 Å². The zero-order valence-electron chi connectivity index (χ0n) is 15.3. The van der Waals surface area contributed by atoms with E-state index in [4.69, 9.17) is 4.74 Å². The molecule has 2 aromatic carbocycles. The number of benzene rings is 2. The van der Waals surface area contributed by atoms with Crippen molar-refractivity contribution in [3.63, 3.8) is 0 Å². The maximum absolute atomic E-state index is 12.6. The largest absolute Gasteiger partial charge is 0.497 e. The van der Waals surface area contributed by atoms with Gasteiger partial charge in [-0.3, -0.25) is 4.79 Å². The summed E-state index contributed by atoms with van der Waals surface area (Å²) in [6.45, 7) is 1.51. The summed E-state index contributed by atoms with van der Waals surface area (Å²) in [4.78, 5) is 12.5. The van der Waals surface area contributed by atoms with Gasteiger partial charge in [-0.2, -0.15) is 4.31 Å². The first-order chi connectivity index (χ1) is 13.0. The van der Waals surface area contributed by atoms with E-state index in [9.17, 15) is 13.2 Å². The summed E-state index contributed by atoms with van der Waals surface area (Å²) in [5.41, 5.74) is 1.38. The van der Waals surface area contributed by atoms with Crippen LogP contribution in [-0.2, 0) is 16.6 Å². The Labute approximate surface area is 160 Å². The maximum atomic E-state index is 12.6. The van der Waals surface area contributed by atoms with Crippen LogP contribution in [0.3, 0.4) is 0 Å². The van der Waals surface area contributed by atoms with E-state index in [0.717, 1.165) is 30.6 Å². The number of nitrogens with zero attached hydrogens (tertiary/aromatic N) is 1. The molecule has 0 bridgehead atoms. The number of sulfonamides is 1. The van der Waals surface area contributed by atoms with Crippen molar-refractivity contribution in [2.24, 2.45) is 0 Å². The Balaban J connectivity index is 1.62. The fourth-order valence-electron chi connectivity index (χ4n) is 3.06. The molecular formula is C20H24N2O4S. The third-order valence-electron chi connectivity index (χ3n) is 4.68. The quantitative estimate of drug-likeness (QED) is 0.826. The summed E-state index contributed by atoms with van der Waals surface area (Å²) in [6, 6.07) is 13.6. The van der Waals surface area contributed by atoms with Gasteiger partial charge in [-0.05, 0) is 54.8 Å². The van der Waals surface area contributed by atoms with Gasteiger partial charge in [0.15, 0.2) is 0 Å². The Bertz CT molecular complexity index is 871. The van der Waals surface area contributed by atoms with Crippen molar-refractivity contribution in [3.05, 3.63) is 59.7 Å². The normalized spacial score (nSPS) is 15.3. The summed E-state index contributed by atoms with van der Waals surface area (Å²) < 4.78 is 31.9. The number of amides is 1. The Kier molecular flexibility index (Phi) is 6.13. The minimum Gasteiger partial charge on any atom is -0.497 e. The molecule has 1 aliphatic rings. The summed E-state index contributed by atoms with van der Waals surface area (Å²) in [5, 5.41) is 2.83. The van der Waals surface area contributed by atoms with Crippen LogP contribution in [0.25, 0.3) is 0 Å². The van der Waals surface area contributed by atoms with Crippen LogP contribution in [0.1, 0.15) is 35.2 Å². The fraction of sp³-hybridized carbons (Fsp3) is 0.350. The first-order valence-corrected chi connectivity index (χ1v) is 10.5. The summed E-state index contributed by atoms with van der Waals surface area (Å²) in [6.07, 6.45) is 2.86. The van der Waals surface area contributed by atoms with Gasteiger partial charge in [0.1, 0.15) is 5.75 Å². The van der Waals surface area contributed by atoms with Gasteiger partial charge in [0.2, 0.25) is 10.0 Å². The number of rotatable bonds is 6. The molecule has 144 valence electrons. The Morgan fingerprint density at radius 1 is 1.00 bits per heavy atom. The SMILES string of the molecule is COc1ccc(CNC(=O)c2ccc(S(=O)(=O)N3CCCCC3)cc2)cc1. The molecule has 0 saturated carbocycles. The fourth-order valence-corrected chi connectivity index (χ4v) is 4.58. The highest BCUT2D eigenvalue weighted by atomic mass is 32.2. The zero-order chi connectivity index (χ0) is 19.3. The molecule has 0 aromatic heterocycles. The number of nitrogens with one attached hydrogen (secondary N) is 1. The van der Waals surface area contributed by atoms with Gasteiger partial charge in [-0.15, -0.1) is 0 Å². The Morgan fingerprint density at radius 2 is 1.63 bits per heavy atom. The van der Waals surface area contributed by atoms with Crippen LogP contribution in [0.5, 0.6) is 5.75 Å². The molecule has 0 spiro atoms. The van der Waals surface area contributed by atoms with Gasteiger partial charge in [0.05, 0.1) is 12.0 Å². The summed E-state index contributed by atoms with van der Waals surface area (Å²) in [7, 11) is -1.87. The van der Waals surface area contributed by atoms with E-state index in [-0.39, 0.29) is 10.8 Å². The minimum atomic E-state index is -3.48. The van der Waals surface area contributed by atoms with Crippen molar-refractivity contribution in [1.82, 2.24) is 9.62 Å². The van der Waals surface area contributed by atoms with Crippen molar-refractivity contribution < 1.29 is 17.9 Å². The number of ether oxygens (including phenoxy) is 1. The molecule has 1 saturated heterocycles. The number of methoxy groups -OCH3 is 1. The van der Waals surface area contributed by atoms with Crippen LogP contribution in [0.4, 0.5) is 0 Å². The van der Waals surface area contributed by atoms with E-state index >= 15 is 0 Å². The van der Waals surface area contributed by atoms with Crippen molar-refractivity contribution in [1.29, 1.82) is 0 Å². The standard InChI is InChI=1S/C20H24N2O4S/c1-26-18-9-5-16(6-10-18)15-21-20(23)17-7-11-19(12-8-17)27(24,25)22-13-3-2-4-14-22/h5-12H,2-4,13-15H2,1H3,(H,21,23). The maximum Gasteiger partial charge on any atom is 0.251 e. The van der Waals surface area contributed by atoms with Crippen LogP contribution in [0.2, 0.25) is 0 Å². The topological polar surface area (TPSA) is 75.7 Å². The second kappa shape index (κ2) is 8.54. The molecule has 1 heterocycles. The molecule has 27 heavy (non-hydrogen) atoms. The lowest BCUT2D eigenvalue weighted by Crippen LogP contribution is -2.35. The molecule has 1 N–H and O–H groups in total. The highest BCUT2D eigenvalue weighted by Crippen LogP contribution is 2.21. The van der Waals surface area contributed by atoms with Crippen LogP contribution in [-0.4, -0.2) is 38.8 Å². The number of hydrogen-bond acceptors (Lipinski definition) is 4. The molecule has 1 aliphatic heterocycles. The second-order valence-corrected chi connectivity index (χ2v) is 8.46. The van der Waals surface area contributed by atoms with Gasteiger partial charge < -0.3 is 10.1 Å². The second-order valence-electron chi connectivity index (χ2n) is 6.52. The first-order valence-electron chi connectivity index (χ1n) is 9.02. The molecule has 0 unspecified atom stereocenters. The van der Waals surface area contributed by atoms with Crippen LogP contribution >= 0.6 is 0 Å². The van der Waals surface area contributed by atoms with Gasteiger partial charge in [0.25, 0.3) is 5.91 Å². The lowest BCUT2D eigenvalue weighted by atomic mass is 10.2. The molecular weight excluding hydrogens is 364 g/mol. The molecule has 0 aliphatic carbocycles. The summed E-state index contributed by atoms with van der Waals surface area (Å²) >= 11 is 0. The molecule has 1 fully saturated rings. The smallest absolute Gasteiger partial charge is 0.251 e. The Hall–Kier alpha value is -2.38. The molecule has 3 rings (SSSR count). The predicted molar refractivity (Wildman–Crippen MR) is 103 cm³/mol. The highest BCUT2D eigenvalue weighted by Gasteiger charge is 2.25. The number of hydrogen-bond donors (Lipinski definition) is 1. The molecule has 0 radical (unpaired) electrons. The molecule has 2 aromatic rings. The lowest BCUT2D eigenvalue weighted by Gasteiger charge is -2.25. The molecule has 6 nitrogen and oxygen atoms in total. The van der Waals surface area contributed by atoms with E-state index in [0.29, 0.717) is 25.2 Å². The van der Waals surface area contributed by atoms with Crippen LogP contribution in [0, 0.1) is 0 Å². The van der Waals surface area contributed by atoms with E-state index in [1.807, 2.05) is 24.3 Å². The van der Waals surface area contributed by atoms with Gasteiger partial charge in [0, 0.05) is 25.2 Å². The van der Waals surface area contributed by atoms with Crippen molar-refractivity contribution in [2.45, 2.75) is 30.7 Å². The van der Waals surface area contributed by atoms with Gasteiger partial charge in [-0.1, -0.05) is 18.6 Å². The Morgan fingerprint density at radius 3 is 2.22 bits per heavy atom. The monoisotopic (exact) mass is 388 g/mol. The van der Waals surface area contributed by atoms with E-state index in [1.165, 1.54) is 16.4 Å². The van der Waals surface area contributed by atoms with E-state index in [2.05, 4.69) is 5.32 Å². The van der Waals surface area contributed by atoms with Crippen molar-refractivity contribution in [2.75, 3.05) is 20.2 Å². The molecule has 7 heteroatoms. The van der Waals surface area contributed by atoms with E-state index < -0.39 is 10.0 Å². The van der Waals surface area contributed by atoms with Gasteiger partial charge in [-0.25, -0.2) is 8.42 Å². The number of carbonyl (C=O) groups excluding carboxylic acids is 1. The zero-order valence-corrected chi connectivity index (χ0v) is 16.2. The average Bonchev–Trinajstić information content (AvgIpc) is 2.73. The van der Waals surface area contributed by atoms with Crippen molar-refractivity contribution >= 4 is 15.9 Å². The highest BCUT2D eigenvalue weighted by molar-refractivity contribution is 7.89. The number of piperidine rings is 1. The van der Waals surface area contributed by atoms with Crippen molar-refractivity contribution in [3.8, 4) is 5.75 Å². The van der Waals surface area contributed by atoms with E-state index in [1.54, 1.807) is 19.2 Å². The van der Waals surface area contributed by atoms with Gasteiger partial charge >= 0.3 is 0 Å².